The third-order valence-corrected chi connectivity index (χ3v) is 2.55. The van der Waals surface area contributed by atoms with Crippen molar-refractivity contribution in [3.8, 4) is 0 Å². The Morgan fingerprint density at radius 1 is 1.44 bits per heavy atom. The lowest BCUT2D eigenvalue weighted by Crippen LogP contribution is -2.48. The molecule has 88 valence electrons. The van der Waals surface area contributed by atoms with Gasteiger partial charge in [0.25, 0.3) is 0 Å². The molecule has 2 heterocycles. The zero-order valence-electron chi connectivity index (χ0n) is 9.38. The second-order valence-electron chi connectivity index (χ2n) is 3.95. The number of rotatable bonds is 2. The summed E-state index contributed by atoms with van der Waals surface area (Å²) in [7, 11) is 1.78. The van der Waals surface area contributed by atoms with Crippen LogP contribution in [0.2, 0.25) is 0 Å². The molecule has 0 radical (unpaired) electrons. The number of hydrogen-bond donors (Lipinski definition) is 1. The maximum absolute atomic E-state index is 11.5. The minimum atomic E-state index is -0.288. The molecule has 1 atom stereocenters. The normalized spacial score (nSPS) is 19.1. The maximum Gasteiger partial charge on any atom is 0.318 e. The monoisotopic (exact) mass is 225 g/mol. The van der Waals surface area contributed by atoms with Crippen LogP contribution in [0.15, 0.2) is 4.42 Å². The molecule has 16 heavy (non-hydrogen) atoms. The van der Waals surface area contributed by atoms with Crippen LogP contribution < -0.4 is 10.6 Å². The van der Waals surface area contributed by atoms with Crippen LogP contribution in [-0.2, 0) is 4.79 Å². The first-order chi connectivity index (χ1) is 7.58. The Hall–Kier alpha value is -1.63. The van der Waals surface area contributed by atoms with Crippen LogP contribution in [0, 0.1) is 0 Å². The molecule has 1 aliphatic heterocycles. The van der Waals surface area contributed by atoms with Crippen molar-refractivity contribution in [2.24, 2.45) is 5.73 Å². The molecule has 1 aliphatic rings. The predicted octanol–water partition coefficient (Wildman–Crippen LogP) is -0.632. The van der Waals surface area contributed by atoms with Gasteiger partial charge < -0.3 is 20.0 Å². The Morgan fingerprint density at radius 2 is 2.19 bits per heavy atom. The van der Waals surface area contributed by atoms with Crippen molar-refractivity contribution in [2.75, 3.05) is 31.6 Å². The number of hydrogen-bond acceptors (Lipinski definition) is 6. The number of amides is 1. The molecule has 0 aliphatic carbocycles. The molecular weight excluding hydrogens is 210 g/mol. The fraction of sp³-hybridized carbons (Fsp3) is 0.667. The highest BCUT2D eigenvalue weighted by atomic mass is 16.4. The molecule has 1 unspecified atom stereocenters. The van der Waals surface area contributed by atoms with Gasteiger partial charge >= 0.3 is 6.01 Å². The summed E-state index contributed by atoms with van der Waals surface area (Å²) in [6, 6.07) is 0.0816. The Labute approximate surface area is 93.2 Å². The van der Waals surface area contributed by atoms with Crippen LogP contribution in [-0.4, -0.2) is 47.7 Å². The largest absolute Gasteiger partial charge is 0.406 e. The van der Waals surface area contributed by atoms with Gasteiger partial charge in [-0.05, 0) is 6.92 Å². The molecule has 0 aromatic carbocycles. The molecule has 7 heteroatoms. The number of piperazine rings is 1. The topological polar surface area (TPSA) is 88.5 Å². The Kier molecular flexibility index (Phi) is 2.78. The van der Waals surface area contributed by atoms with Gasteiger partial charge in [0, 0.05) is 20.1 Å². The minimum Gasteiger partial charge on any atom is -0.406 e. The highest BCUT2D eigenvalue weighted by molar-refractivity contribution is 5.81. The van der Waals surface area contributed by atoms with Crippen molar-refractivity contribution in [1.29, 1.82) is 0 Å². The molecular formula is C9H15N5O2. The lowest BCUT2D eigenvalue weighted by Gasteiger charge is -2.30. The Balaban J connectivity index is 2.09. The summed E-state index contributed by atoms with van der Waals surface area (Å²) in [5.41, 5.74) is 5.62. The van der Waals surface area contributed by atoms with E-state index in [0.29, 0.717) is 25.0 Å². The number of nitrogens with two attached hydrogens (primary N) is 1. The summed E-state index contributed by atoms with van der Waals surface area (Å²) in [5, 5.41) is 7.71. The Morgan fingerprint density at radius 3 is 2.75 bits per heavy atom. The zero-order chi connectivity index (χ0) is 11.7. The molecule has 0 bridgehead atoms. The summed E-state index contributed by atoms with van der Waals surface area (Å²) in [6.07, 6.45) is 0. The molecule has 1 fully saturated rings. The fourth-order valence-corrected chi connectivity index (χ4v) is 1.46. The number of aromatic nitrogens is 2. The number of anilines is 1. The van der Waals surface area contributed by atoms with Crippen molar-refractivity contribution < 1.29 is 9.21 Å². The van der Waals surface area contributed by atoms with Gasteiger partial charge in [0.05, 0.1) is 6.04 Å². The molecule has 2 N–H and O–H groups in total. The molecule has 0 spiro atoms. The first-order valence-electron chi connectivity index (χ1n) is 5.16. The van der Waals surface area contributed by atoms with E-state index in [1.165, 1.54) is 0 Å². The minimum absolute atomic E-state index is 0.0480. The summed E-state index contributed by atoms with van der Waals surface area (Å²) in [4.78, 5) is 14.9. The van der Waals surface area contributed by atoms with Gasteiger partial charge in [-0.25, -0.2) is 0 Å². The van der Waals surface area contributed by atoms with Crippen LogP contribution in [0.25, 0.3) is 0 Å². The predicted molar refractivity (Wildman–Crippen MR) is 56.8 cm³/mol. The number of nitrogens with zero attached hydrogens (tertiary/aromatic N) is 4. The molecule has 7 nitrogen and oxygen atoms in total. The van der Waals surface area contributed by atoms with E-state index in [1.807, 2.05) is 0 Å². The van der Waals surface area contributed by atoms with E-state index in [-0.39, 0.29) is 18.5 Å². The molecule has 1 amide bonds. The van der Waals surface area contributed by atoms with Gasteiger partial charge in [-0.3, -0.25) is 4.79 Å². The summed E-state index contributed by atoms with van der Waals surface area (Å²) in [5.74, 6) is 0.438. The number of likely N-dealkylation sites (N-methyl/N-ethyl adjacent to an activating group) is 1. The van der Waals surface area contributed by atoms with Crippen LogP contribution in [0.4, 0.5) is 6.01 Å². The van der Waals surface area contributed by atoms with Crippen LogP contribution in [0.3, 0.4) is 0 Å². The quantitative estimate of drug-likeness (QED) is 0.720. The van der Waals surface area contributed by atoms with Crippen LogP contribution in [0.1, 0.15) is 18.9 Å². The van der Waals surface area contributed by atoms with Crippen LogP contribution >= 0.6 is 0 Å². The molecule has 0 saturated carbocycles. The molecule has 1 aromatic rings. The van der Waals surface area contributed by atoms with E-state index < -0.39 is 0 Å². The van der Waals surface area contributed by atoms with Gasteiger partial charge in [0.1, 0.15) is 6.54 Å². The van der Waals surface area contributed by atoms with Crippen molar-refractivity contribution in [3.63, 3.8) is 0 Å². The second-order valence-corrected chi connectivity index (χ2v) is 3.95. The molecule has 1 aromatic heterocycles. The summed E-state index contributed by atoms with van der Waals surface area (Å²) < 4.78 is 5.38. The third kappa shape index (κ3) is 1.99. The van der Waals surface area contributed by atoms with E-state index >= 15 is 0 Å². The maximum atomic E-state index is 11.5. The molecule has 1 saturated heterocycles. The van der Waals surface area contributed by atoms with Gasteiger partial charge in [-0.2, -0.15) is 0 Å². The van der Waals surface area contributed by atoms with Gasteiger partial charge in [-0.15, -0.1) is 5.10 Å². The number of carbonyl (C=O) groups excluding carboxylic acids is 1. The fourth-order valence-electron chi connectivity index (χ4n) is 1.46. The second kappa shape index (κ2) is 4.09. The van der Waals surface area contributed by atoms with Crippen molar-refractivity contribution >= 4 is 11.9 Å². The lowest BCUT2D eigenvalue weighted by atomic mass is 10.3. The van der Waals surface area contributed by atoms with Gasteiger partial charge in [0.15, 0.2) is 0 Å². The third-order valence-electron chi connectivity index (χ3n) is 2.55. The lowest BCUT2D eigenvalue weighted by molar-refractivity contribution is -0.129. The first kappa shape index (κ1) is 10.9. The van der Waals surface area contributed by atoms with E-state index in [0.717, 1.165) is 0 Å². The molecule has 2 rings (SSSR count). The summed E-state index contributed by atoms with van der Waals surface area (Å²) >= 11 is 0. The van der Waals surface area contributed by atoms with Gasteiger partial charge in [0.2, 0.25) is 11.8 Å². The van der Waals surface area contributed by atoms with E-state index in [4.69, 9.17) is 10.2 Å². The average molecular weight is 225 g/mol. The smallest absolute Gasteiger partial charge is 0.318 e. The van der Waals surface area contributed by atoms with Crippen molar-refractivity contribution in [1.82, 2.24) is 15.1 Å². The van der Waals surface area contributed by atoms with Crippen molar-refractivity contribution in [3.05, 3.63) is 5.89 Å². The van der Waals surface area contributed by atoms with E-state index in [9.17, 15) is 4.79 Å². The standard InChI is InChI=1S/C9H15N5O2/c1-6(10)8-11-12-9(16-8)14-4-3-13(2)7(15)5-14/h6H,3-5,10H2,1-2H3. The highest BCUT2D eigenvalue weighted by Crippen LogP contribution is 2.17. The SMILES string of the molecule is CC(N)c1nnc(N2CCN(C)C(=O)C2)o1. The first-order valence-corrected chi connectivity index (χ1v) is 5.16. The average Bonchev–Trinajstić information content (AvgIpc) is 2.71. The van der Waals surface area contributed by atoms with Crippen LogP contribution in [0.5, 0.6) is 0 Å². The van der Waals surface area contributed by atoms with Crippen molar-refractivity contribution in [2.45, 2.75) is 13.0 Å². The summed E-state index contributed by atoms with van der Waals surface area (Å²) in [6.45, 7) is 3.40. The Bertz CT molecular complexity index is 389. The van der Waals surface area contributed by atoms with Gasteiger partial charge in [-0.1, -0.05) is 5.10 Å². The highest BCUT2D eigenvalue weighted by Gasteiger charge is 2.25. The van der Waals surface area contributed by atoms with E-state index in [2.05, 4.69) is 10.2 Å². The zero-order valence-corrected chi connectivity index (χ0v) is 9.38. The van der Waals surface area contributed by atoms with E-state index in [1.54, 1.807) is 23.8 Å². The number of carbonyl (C=O) groups is 1.